The Hall–Kier alpha value is -2.44. The molecule has 0 aliphatic heterocycles. The lowest BCUT2D eigenvalue weighted by molar-refractivity contribution is 0.368. The third-order valence-corrected chi connectivity index (χ3v) is 3.85. The molecule has 0 spiro atoms. The van der Waals surface area contributed by atoms with Crippen molar-refractivity contribution >= 4 is 5.96 Å². The third-order valence-electron chi connectivity index (χ3n) is 3.85. The van der Waals surface area contributed by atoms with Gasteiger partial charge in [0.2, 0.25) is 5.89 Å². The summed E-state index contributed by atoms with van der Waals surface area (Å²) in [6.45, 7) is 9.87. The van der Waals surface area contributed by atoms with Gasteiger partial charge in [0.25, 0.3) is 0 Å². The zero-order chi connectivity index (χ0) is 18.9. The Morgan fingerprint density at radius 2 is 2.12 bits per heavy atom. The summed E-state index contributed by atoms with van der Waals surface area (Å²) in [6, 6.07) is 5.07. The van der Waals surface area contributed by atoms with Gasteiger partial charge < -0.3 is 15.2 Å². The quantitative estimate of drug-likeness (QED) is 0.428. The maximum absolute atomic E-state index is 13.3. The van der Waals surface area contributed by atoms with Gasteiger partial charge in [-0.1, -0.05) is 31.1 Å². The van der Waals surface area contributed by atoms with E-state index in [1.807, 2.05) is 26.8 Å². The fourth-order valence-electron chi connectivity index (χ4n) is 2.37. The molecular formula is C19H28FN5O. The van der Waals surface area contributed by atoms with E-state index in [4.69, 9.17) is 4.52 Å². The van der Waals surface area contributed by atoms with E-state index in [1.165, 1.54) is 6.07 Å². The summed E-state index contributed by atoms with van der Waals surface area (Å²) < 4.78 is 18.6. The Morgan fingerprint density at radius 1 is 1.31 bits per heavy atom. The van der Waals surface area contributed by atoms with Crippen LogP contribution in [0.2, 0.25) is 0 Å². The Balaban J connectivity index is 1.81. The van der Waals surface area contributed by atoms with Crippen molar-refractivity contribution in [3.05, 3.63) is 46.9 Å². The normalized spacial score (nSPS) is 11.8. The van der Waals surface area contributed by atoms with Crippen molar-refractivity contribution < 1.29 is 8.91 Å². The molecule has 0 aliphatic rings. The van der Waals surface area contributed by atoms with Gasteiger partial charge in [-0.2, -0.15) is 4.98 Å². The number of aromatic nitrogens is 2. The predicted octanol–water partition coefficient (Wildman–Crippen LogP) is 3.33. The zero-order valence-electron chi connectivity index (χ0n) is 16.0. The van der Waals surface area contributed by atoms with E-state index >= 15 is 0 Å². The van der Waals surface area contributed by atoms with Crippen molar-refractivity contribution in [3.8, 4) is 0 Å². The van der Waals surface area contributed by atoms with E-state index in [2.05, 4.69) is 25.8 Å². The zero-order valence-corrected chi connectivity index (χ0v) is 16.0. The summed E-state index contributed by atoms with van der Waals surface area (Å²) >= 11 is 0. The van der Waals surface area contributed by atoms with Crippen LogP contribution in [-0.4, -0.2) is 29.2 Å². The van der Waals surface area contributed by atoms with Crippen LogP contribution in [0.3, 0.4) is 0 Å². The molecule has 0 amide bonds. The number of halogens is 1. The molecule has 26 heavy (non-hydrogen) atoms. The Bertz CT molecular complexity index is 726. The molecule has 1 aromatic heterocycles. The number of benzene rings is 1. The first-order valence-electron chi connectivity index (χ1n) is 9.09. The Labute approximate surface area is 154 Å². The van der Waals surface area contributed by atoms with E-state index in [1.54, 1.807) is 13.0 Å². The van der Waals surface area contributed by atoms with E-state index in [0.29, 0.717) is 18.0 Å². The Kier molecular flexibility index (Phi) is 7.56. The van der Waals surface area contributed by atoms with E-state index in [0.717, 1.165) is 43.3 Å². The van der Waals surface area contributed by atoms with Gasteiger partial charge in [0.15, 0.2) is 11.8 Å². The monoisotopic (exact) mass is 361 g/mol. The highest BCUT2D eigenvalue weighted by Crippen LogP contribution is 2.11. The van der Waals surface area contributed by atoms with Gasteiger partial charge >= 0.3 is 0 Å². The number of nitrogens with zero attached hydrogens (tertiary/aromatic N) is 3. The molecule has 0 saturated heterocycles. The minimum Gasteiger partial charge on any atom is -0.357 e. The summed E-state index contributed by atoms with van der Waals surface area (Å²) in [6.07, 6.45) is 1.59. The third kappa shape index (κ3) is 6.13. The fourth-order valence-corrected chi connectivity index (χ4v) is 2.37. The number of nitrogens with one attached hydrogen (secondary N) is 2. The molecular weight excluding hydrogens is 333 g/mol. The number of aliphatic imine (C=N–C) groups is 1. The maximum Gasteiger partial charge on any atom is 0.226 e. The van der Waals surface area contributed by atoms with Gasteiger partial charge in [0.1, 0.15) is 5.82 Å². The highest BCUT2D eigenvalue weighted by molar-refractivity contribution is 5.79. The van der Waals surface area contributed by atoms with Crippen LogP contribution in [0.25, 0.3) is 0 Å². The molecule has 0 fully saturated rings. The lowest BCUT2D eigenvalue weighted by atomic mass is 10.1. The summed E-state index contributed by atoms with van der Waals surface area (Å²) in [5, 5.41) is 10.5. The Morgan fingerprint density at radius 3 is 2.77 bits per heavy atom. The van der Waals surface area contributed by atoms with Gasteiger partial charge in [-0.15, -0.1) is 0 Å². The second-order valence-electron chi connectivity index (χ2n) is 6.51. The molecule has 0 radical (unpaired) electrons. The lowest BCUT2D eigenvalue weighted by Crippen LogP contribution is -2.37. The lowest BCUT2D eigenvalue weighted by Gasteiger charge is -2.11. The van der Waals surface area contributed by atoms with Gasteiger partial charge in [0, 0.05) is 25.4 Å². The molecule has 2 N–H and O–H groups in total. The van der Waals surface area contributed by atoms with Crippen LogP contribution >= 0.6 is 0 Å². The van der Waals surface area contributed by atoms with E-state index in [9.17, 15) is 4.39 Å². The van der Waals surface area contributed by atoms with Crippen LogP contribution in [0.4, 0.5) is 4.39 Å². The molecule has 2 aromatic rings. The smallest absolute Gasteiger partial charge is 0.226 e. The molecule has 142 valence electrons. The molecule has 0 aliphatic carbocycles. The molecule has 0 bridgehead atoms. The van der Waals surface area contributed by atoms with Crippen molar-refractivity contribution in [2.45, 2.75) is 53.0 Å². The fraction of sp³-hybridized carbons (Fsp3) is 0.526. The predicted molar refractivity (Wildman–Crippen MR) is 101 cm³/mol. The van der Waals surface area contributed by atoms with Gasteiger partial charge in [-0.05, 0) is 37.5 Å². The molecule has 1 aromatic carbocycles. The first-order chi connectivity index (χ1) is 12.5. The molecule has 6 nitrogen and oxygen atoms in total. The molecule has 0 unspecified atom stereocenters. The van der Waals surface area contributed by atoms with Gasteiger partial charge in [-0.25, -0.2) is 9.38 Å². The first-order valence-corrected chi connectivity index (χ1v) is 9.09. The molecule has 1 heterocycles. The van der Waals surface area contributed by atoms with Crippen LogP contribution in [-0.2, 0) is 13.0 Å². The minimum absolute atomic E-state index is 0.190. The van der Waals surface area contributed by atoms with Crippen molar-refractivity contribution in [2.75, 3.05) is 13.1 Å². The second-order valence-corrected chi connectivity index (χ2v) is 6.51. The van der Waals surface area contributed by atoms with Crippen molar-refractivity contribution in [2.24, 2.45) is 4.99 Å². The number of hydrogen-bond acceptors (Lipinski definition) is 4. The SMILES string of the molecule is CCNC(=NCc1ccc(F)c(C)c1)NCCCc1nc(C(C)C)no1. The highest BCUT2D eigenvalue weighted by atomic mass is 19.1. The maximum atomic E-state index is 13.3. The summed E-state index contributed by atoms with van der Waals surface area (Å²) in [4.78, 5) is 8.92. The van der Waals surface area contributed by atoms with Gasteiger partial charge in [-0.3, -0.25) is 0 Å². The van der Waals surface area contributed by atoms with Gasteiger partial charge in [0.05, 0.1) is 6.54 Å². The number of guanidine groups is 1. The molecule has 2 rings (SSSR count). The topological polar surface area (TPSA) is 75.3 Å². The molecule has 0 atom stereocenters. The molecule has 0 saturated carbocycles. The van der Waals surface area contributed by atoms with Crippen LogP contribution in [0, 0.1) is 12.7 Å². The van der Waals surface area contributed by atoms with Crippen molar-refractivity contribution in [3.63, 3.8) is 0 Å². The highest BCUT2D eigenvalue weighted by Gasteiger charge is 2.09. The largest absolute Gasteiger partial charge is 0.357 e. The second kappa shape index (κ2) is 9.89. The van der Waals surface area contributed by atoms with Crippen LogP contribution in [0.15, 0.2) is 27.7 Å². The average molecular weight is 361 g/mol. The number of rotatable bonds is 8. The minimum atomic E-state index is -0.190. The van der Waals surface area contributed by atoms with Crippen LogP contribution in [0.1, 0.15) is 56.0 Å². The molecule has 7 heteroatoms. The van der Waals surface area contributed by atoms with E-state index in [-0.39, 0.29) is 11.7 Å². The average Bonchev–Trinajstić information content (AvgIpc) is 3.08. The van der Waals surface area contributed by atoms with Crippen molar-refractivity contribution in [1.29, 1.82) is 0 Å². The van der Waals surface area contributed by atoms with Crippen LogP contribution in [0.5, 0.6) is 0 Å². The summed E-state index contributed by atoms with van der Waals surface area (Å²) in [7, 11) is 0. The summed E-state index contributed by atoms with van der Waals surface area (Å²) in [5.74, 6) is 2.23. The van der Waals surface area contributed by atoms with E-state index < -0.39 is 0 Å². The first kappa shape index (κ1) is 19.9. The van der Waals surface area contributed by atoms with Crippen LogP contribution < -0.4 is 10.6 Å². The number of aryl methyl sites for hydroxylation is 2. The standard InChI is InChI=1S/C19H28FN5O/c1-5-21-19(23-12-15-8-9-16(20)14(4)11-15)22-10-6-7-17-24-18(13(2)3)25-26-17/h8-9,11,13H,5-7,10,12H2,1-4H3,(H2,21,22,23). The van der Waals surface area contributed by atoms with Crippen molar-refractivity contribution in [1.82, 2.24) is 20.8 Å². The summed E-state index contributed by atoms with van der Waals surface area (Å²) in [5.41, 5.74) is 1.61. The number of hydrogen-bond donors (Lipinski definition) is 2.